The molecule has 138 valence electrons. The molecule has 0 bridgehead atoms. The van der Waals surface area contributed by atoms with E-state index in [1.54, 1.807) is 12.1 Å². The Bertz CT molecular complexity index is 775. The van der Waals surface area contributed by atoms with Crippen LogP contribution in [0.25, 0.3) is 0 Å². The molecule has 1 aliphatic heterocycles. The average molecular weight is 374 g/mol. The molecule has 1 heterocycles. The van der Waals surface area contributed by atoms with Crippen molar-refractivity contribution in [3.63, 3.8) is 0 Å². The van der Waals surface area contributed by atoms with Crippen LogP contribution >= 0.6 is 12.4 Å². The van der Waals surface area contributed by atoms with Crippen LogP contribution < -0.4 is 16.0 Å². The first-order valence-electron chi connectivity index (χ1n) is 8.64. The molecule has 0 aliphatic carbocycles. The third-order valence-corrected chi connectivity index (χ3v) is 4.35. The summed E-state index contributed by atoms with van der Waals surface area (Å²) in [7, 11) is 0. The van der Waals surface area contributed by atoms with Gasteiger partial charge in [-0.15, -0.1) is 12.4 Å². The van der Waals surface area contributed by atoms with Gasteiger partial charge in [0.15, 0.2) is 0 Å². The molecule has 5 nitrogen and oxygen atoms in total. The van der Waals surface area contributed by atoms with Crippen molar-refractivity contribution in [2.45, 2.75) is 19.8 Å². The minimum Gasteiger partial charge on any atom is -0.385 e. The molecule has 26 heavy (non-hydrogen) atoms. The molecular formula is C20H24ClN3O2. The van der Waals surface area contributed by atoms with Crippen molar-refractivity contribution >= 4 is 29.9 Å². The Hall–Kier alpha value is -2.53. The predicted octanol–water partition coefficient (Wildman–Crippen LogP) is 2.93. The molecule has 0 saturated heterocycles. The van der Waals surface area contributed by atoms with Gasteiger partial charge in [0, 0.05) is 36.4 Å². The van der Waals surface area contributed by atoms with Crippen LogP contribution in [0, 0.1) is 6.92 Å². The van der Waals surface area contributed by atoms with Crippen molar-refractivity contribution in [1.29, 1.82) is 0 Å². The predicted molar refractivity (Wildman–Crippen MR) is 106 cm³/mol. The van der Waals surface area contributed by atoms with E-state index in [2.05, 4.69) is 16.0 Å². The van der Waals surface area contributed by atoms with E-state index in [0.717, 1.165) is 41.8 Å². The number of benzene rings is 2. The molecule has 0 unspecified atom stereocenters. The van der Waals surface area contributed by atoms with Crippen molar-refractivity contribution in [2.75, 3.05) is 25.0 Å². The largest absolute Gasteiger partial charge is 0.385 e. The number of aryl methyl sites for hydroxylation is 1. The number of carbonyl (C=O) groups excluding carboxylic acids is 2. The summed E-state index contributed by atoms with van der Waals surface area (Å²) in [6.07, 6.45) is 1.94. The van der Waals surface area contributed by atoms with Crippen LogP contribution in [0.1, 0.15) is 38.3 Å². The third kappa shape index (κ3) is 4.76. The van der Waals surface area contributed by atoms with E-state index in [0.29, 0.717) is 18.7 Å². The van der Waals surface area contributed by atoms with Crippen LogP contribution in [0.4, 0.5) is 5.69 Å². The van der Waals surface area contributed by atoms with Crippen LogP contribution in [0.15, 0.2) is 42.5 Å². The molecule has 2 aromatic rings. The van der Waals surface area contributed by atoms with Gasteiger partial charge in [-0.25, -0.2) is 0 Å². The number of rotatable bonds is 5. The fourth-order valence-electron chi connectivity index (χ4n) is 2.98. The van der Waals surface area contributed by atoms with E-state index in [1.807, 2.05) is 37.3 Å². The highest BCUT2D eigenvalue weighted by atomic mass is 35.5. The minimum absolute atomic E-state index is 0. The van der Waals surface area contributed by atoms with Gasteiger partial charge < -0.3 is 16.0 Å². The first kappa shape index (κ1) is 19.8. The molecule has 6 heteroatoms. The summed E-state index contributed by atoms with van der Waals surface area (Å²) < 4.78 is 0. The van der Waals surface area contributed by atoms with Crippen LogP contribution in [0.3, 0.4) is 0 Å². The topological polar surface area (TPSA) is 70.2 Å². The molecule has 0 spiro atoms. The van der Waals surface area contributed by atoms with Crippen molar-refractivity contribution in [2.24, 2.45) is 0 Å². The van der Waals surface area contributed by atoms with E-state index in [1.165, 1.54) is 0 Å². The van der Waals surface area contributed by atoms with Crippen LogP contribution in [-0.4, -0.2) is 31.4 Å². The van der Waals surface area contributed by atoms with E-state index < -0.39 is 0 Å². The highest BCUT2D eigenvalue weighted by Crippen LogP contribution is 2.25. The number of nitrogens with one attached hydrogen (secondary N) is 3. The summed E-state index contributed by atoms with van der Waals surface area (Å²) in [5, 5.41) is 9.03. The Labute approximate surface area is 160 Å². The molecule has 0 aromatic heterocycles. The second-order valence-corrected chi connectivity index (χ2v) is 6.24. The van der Waals surface area contributed by atoms with Gasteiger partial charge in [-0.05, 0) is 49.6 Å². The fraction of sp³-hybridized carbons (Fsp3) is 0.300. The van der Waals surface area contributed by atoms with Gasteiger partial charge in [-0.1, -0.05) is 23.8 Å². The van der Waals surface area contributed by atoms with E-state index in [-0.39, 0.29) is 24.2 Å². The summed E-state index contributed by atoms with van der Waals surface area (Å²) in [4.78, 5) is 24.4. The SMILES string of the molecule is Cc1ccc(C(=O)NCCNC(=O)c2cccc3c2CCCN3)cc1.Cl. The monoisotopic (exact) mass is 373 g/mol. The maximum atomic E-state index is 12.4. The van der Waals surface area contributed by atoms with Crippen molar-refractivity contribution in [3.8, 4) is 0 Å². The molecule has 0 atom stereocenters. The number of halogens is 1. The minimum atomic E-state index is -0.129. The lowest BCUT2D eigenvalue weighted by Crippen LogP contribution is -2.35. The molecule has 0 saturated carbocycles. The normalized spacial score (nSPS) is 12.2. The second-order valence-electron chi connectivity index (χ2n) is 6.24. The average Bonchev–Trinajstić information content (AvgIpc) is 2.65. The zero-order valence-electron chi connectivity index (χ0n) is 14.8. The molecule has 2 amide bonds. The summed E-state index contributed by atoms with van der Waals surface area (Å²) >= 11 is 0. The summed E-state index contributed by atoms with van der Waals surface area (Å²) in [5.74, 6) is -0.222. The highest BCUT2D eigenvalue weighted by molar-refractivity contribution is 5.97. The lowest BCUT2D eigenvalue weighted by Gasteiger charge is -2.20. The molecule has 2 aromatic carbocycles. The van der Waals surface area contributed by atoms with Gasteiger partial charge in [0.05, 0.1) is 0 Å². The first-order valence-corrected chi connectivity index (χ1v) is 8.64. The summed E-state index contributed by atoms with van der Waals surface area (Å²) in [5.41, 5.74) is 4.58. The first-order chi connectivity index (χ1) is 12.1. The molecule has 0 fully saturated rings. The van der Waals surface area contributed by atoms with Gasteiger partial charge in [0.2, 0.25) is 0 Å². The fourth-order valence-corrected chi connectivity index (χ4v) is 2.98. The van der Waals surface area contributed by atoms with Crippen LogP contribution in [-0.2, 0) is 6.42 Å². The molecule has 3 rings (SSSR count). The summed E-state index contributed by atoms with van der Waals surface area (Å²) in [6.45, 7) is 3.72. The second kappa shape index (κ2) is 9.25. The van der Waals surface area contributed by atoms with Gasteiger partial charge >= 0.3 is 0 Å². The molecular weight excluding hydrogens is 350 g/mol. The number of hydrogen-bond acceptors (Lipinski definition) is 3. The zero-order valence-corrected chi connectivity index (χ0v) is 15.6. The van der Waals surface area contributed by atoms with E-state index >= 15 is 0 Å². The maximum Gasteiger partial charge on any atom is 0.251 e. The Morgan fingerprint density at radius 2 is 1.69 bits per heavy atom. The number of carbonyl (C=O) groups is 2. The lowest BCUT2D eigenvalue weighted by molar-refractivity contribution is 0.0927. The summed E-state index contributed by atoms with van der Waals surface area (Å²) in [6, 6.07) is 13.2. The van der Waals surface area contributed by atoms with Gasteiger partial charge in [0.25, 0.3) is 11.8 Å². The smallest absolute Gasteiger partial charge is 0.251 e. The lowest BCUT2D eigenvalue weighted by atomic mass is 9.97. The van der Waals surface area contributed by atoms with Crippen molar-refractivity contribution < 1.29 is 9.59 Å². The Morgan fingerprint density at radius 3 is 2.42 bits per heavy atom. The van der Waals surface area contributed by atoms with Crippen LogP contribution in [0.2, 0.25) is 0 Å². The van der Waals surface area contributed by atoms with E-state index in [9.17, 15) is 9.59 Å². The number of fused-ring (bicyclic) bond motifs is 1. The number of hydrogen-bond donors (Lipinski definition) is 3. The van der Waals surface area contributed by atoms with Gasteiger partial charge in [-0.3, -0.25) is 9.59 Å². The van der Waals surface area contributed by atoms with Crippen molar-refractivity contribution in [3.05, 3.63) is 64.7 Å². The standard InChI is InChI=1S/C20H23N3O2.ClH/c1-14-7-9-15(10-8-14)19(24)22-12-13-23-20(25)17-4-2-6-18-16(17)5-3-11-21-18;/h2,4,6-10,21H,3,5,11-13H2,1H3,(H,22,24)(H,23,25);1H. The highest BCUT2D eigenvalue weighted by Gasteiger charge is 2.16. The molecule has 0 radical (unpaired) electrons. The van der Waals surface area contributed by atoms with Gasteiger partial charge in [0.1, 0.15) is 0 Å². The third-order valence-electron chi connectivity index (χ3n) is 4.35. The number of anilines is 1. The Morgan fingerprint density at radius 1 is 1.00 bits per heavy atom. The number of amides is 2. The van der Waals surface area contributed by atoms with Crippen LogP contribution in [0.5, 0.6) is 0 Å². The zero-order chi connectivity index (χ0) is 17.6. The molecule has 3 N–H and O–H groups in total. The Balaban J connectivity index is 0.00000243. The molecule has 1 aliphatic rings. The maximum absolute atomic E-state index is 12.4. The Kier molecular flexibility index (Phi) is 7.04. The van der Waals surface area contributed by atoms with E-state index in [4.69, 9.17) is 0 Å². The quantitative estimate of drug-likeness (QED) is 0.706. The van der Waals surface area contributed by atoms with Gasteiger partial charge in [-0.2, -0.15) is 0 Å². The van der Waals surface area contributed by atoms with Crippen molar-refractivity contribution in [1.82, 2.24) is 10.6 Å².